The molecule has 0 amide bonds. The third-order valence-electron chi connectivity index (χ3n) is 3.64. The number of rotatable bonds is 5. The standard InChI is InChI=1S/C16H19BrFNO/c1-9(2)5-12-13-6-10(17)7-14(18)16(13)20-15(12)8-19-11-3-4-11/h6-7,9,11,19H,3-5,8H2,1-2H3. The summed E-state index contributed by atoms with van der Waals surface area (Å²) in [7, 11) is 0. The lowest BCUT2D eigenvalue weighted by Crippen LogP contribution is -2.16. The Kier molecular flexibility index (Phi) is 3.87. The van der Waals surface area contributed by atoms with Crippen LogP contribution in [0.2, 0.25) is 0 Å². The van der Waals surface area contributed by atoms with Crippen LogP contribution in [0.1, 0.15) is 38.0 Å². The molecule has 1 aliphatic carbocycles. The molecular weight excluding hydrogens is 321 g/mol. The minimum Gasteiger partial charge on any atom is -0.456 e. The maximum absolute atomic E-state index is 14.0. The third kappa shape index (κ3) is 2.91. The van der Waals surface area contributed by atoms with Crippen molar-refractivity contribution in [2.24, 2.45) is 5.92 Å². The highest BCUT2D eigenvalue weighted by atomic mass is 79.9. The summed E-state index contributed by atoms with van der Waals surface area (Å²) in [6.45, 7) is 5.04. The molecule has 1 saturated carbocycles. The Hall–Kier alpha value is -0.870. The zero-order valence-electron chi connectivity index (χ0n) is 11.8. The highest BCUT2D eigenvalue weighted by molar-refractivity contribution is 9.10. The predicted molar refractivity (Wildman–Crippen MR) is 82.3 cm³/mol. The molecule has 1 N–H and O–H groups in total. The van der Waals surface area contributed by atoms with Crippen LogP contribution in [0.4, 0.5) is 4.39 Å². The van der Waals surface area contributed by atoms with Crippen molar-refractivity contribution in [2.75, 3.05) is 0 Å². The fourth-order valence-electron chi connectivity index (χ4n) is 2.52. The number of halogens is 2. The van der Waals surface area contributed by atoms with Gasteiger partial charge in [-0.2, -0.15) is 0 Å². The van der Waals surface area contributed by atoms with Gasteiger partial charge in [0.25, 0.3) is 0 Å². The van der Waals surface area contributed by atoms with Crippen LogP contribution in [-0.4, -0.2) is 6.04 Å². The minimum atomic E-state index is -0.294. The quantitative estimate of drug-likeness (QED) is 0.847. The molecule has 0 unspecified atom stereocenters. The van der Waals surface area contributed by atoms with E-state index in [2.05, 4.69) is 35.1 Å². The van der Waals surface area contributed by atoms with Crippen molar-refractivity contribution in [1.82, 2.24) is 5.32 Å². The monoisotopic (exact) mass is 339 g/mol. The first-order chi connectivity index (χ1) is 9.54. The largest absolute Gasteiger partial charge is 0.456 e. The van der Waals surface area contributed by atoms with E-state index in [9.17, 15) is 4.39 Å². The maximum Gasteiger partial charge on any atom is 0.170 e. The van der Waals surface area contributed by atoms with Gasteiger partial charge in [-0.05, 0) is 37.3 Å². The molecule has 0 bridgehead atoms. The Morgan fingerprint density at radius 3 is 2.80 bits per heavy atom. The van der Waals surface area contributed by atoms with Crippen molar-refractivity contribution >= 4 is 26.9 Å². The molecule has 1 fully saturated rings. The molecule has 4 heteroatoms. The number of fused-ring (bicyclic) bond motifs is 1. The fraction of sp³-hybridized carbons (Fsp3) is 0.500. The van der Waals surface area contributed by atoms with Gasteiger partial charge in [-0.15, -0.1) is 0 Å². The van der Waals surface area contributed by atoms with Gasteiger partial charge < -0.3 is 9.73 Å². The van der Waals surface area contributed by atoms with E-state index < -0.39 is 0 Å². The Bertz CT molecular complexity index is 631. The van der Waals surface area contributed by atoms with Crippen molar-refractivity contribution < 1.29 is 8.81 Å². The van der Waals surface area contributed by atoms with E-state index in [4.69, 9.17) is 4.42 Å². The molecule has 1 aromatic heterocycles. The Morgan fingerprint density at radius 1 is 1.40 bits per heavy atom. The lowest BCUT2D eigenvalue weighted by Gasteiger charge is -2.07. The molecule has 108 valence electrons. The van der Waals surface area contributed by atoms with Crippen LogP contribution in [0.25, 0.3) is 11.0 Å². The summed E-state index contributed by atoms with van der Waals surface area (Å²) in [5.41, 5.74) is 1.53. The lowest BCUT2D eigenvalue weighted by molar-refractivity contribution is 0.484. The highest BCUT2D eigenvalue weighted by Gasteiger charge is 2.23. The summed E-state index contributed by atoms with van der Waals surface area (Å²) in [5.74, 6) is 1.10. The summed E-state index contributed by atoms with van der Waals surface area (Å²) in [5, 5.41) is 4.35. The Morgan fingerprint density at radius 2 is 2.15 bits per heavy atom. The first-order valence-electron chi connectivity index (χ1n) is 7.17. The molecule has 20 heavy (non-hydrogen) atoms. The average Bonchev–Trinajstić information content (AvgIpc) is 3.12. The molecular formula is C16H19BrFNO. The van der Waals surface area contributed by atoms with E-state index >= 15 is 0 Å². The van der Waals surface area contributed by atoms with Crippen molar-refractivity contribution in [1.29, 1.82) is 0 Å². The van der Waals surface area contributed by atoms with E-state index in [-0.39, 0.29) is 5.82 Å². The van der Waals surface area contributed by atoms with E-state index in [0.717, 1.165) is 27.6 Å². The number of hydrogen-bond acceptors (Lipinski definition) is 2. The van der Waals surface area contributed by atoms with E-state index in [1.54, 1.807) is 0 Å². The van der Waals surface area contributed by atoms with Gasteiger partial charge in [-0.3, -0.25) is 0 Å². The summed E-state index contributed by atoms with van der Waals surface area (Å²) >= 11 is 3.37. The number of hydrogen-bond donors (Lipinski definition) is 1. The third-order valence-corrected chi connectivity index (χ3v) is 4.09. The van der Waals surface area contributed by atoms with Gasteiger partial charge in [0.05, 0.1) is 6.54 Å². The van der Waals surface area contributed by atoms with Gasteiger partial charge in [0.15, 0.2) is 11.4 Å². The molecule has 3 rings (SSSR count). The van der Waals surface area contributed by atoms with Crippen molar-refractivity contribution in [3.63, 3.8) is 0 Å². The molecule has 0 saturated heterocycles. The van der Waals surface area contributed by atoms with Gasteiger partial charge in [0.1, 0.15) is 5.76 Å². The van der Waals surface area contributed by atoms with Gasteiger partial charge in [0.2, 0.25) is 0 Å². The van der Waals surface area contributed by atoms with Gasteiger partial charge in [-0.1, -0.05) is 29.8 Å². The molecule has 1 aromatic carbocycles. The zero-order valence-corrected chi connectivity index (χ0v) is 13.4. The van der Waals surface area contributed by atoms with Crippen molar-refractivity contribution in [2.45, 2.75) is 45.7 Å². The van der Waals surface area contributed by atoms with E-state index in [0.29, 0.717) is 24.1 Å². The molecule has 0 aliphatic heterocycles. The van der Waals surface area contributed by atoms with Crippen molar-refractivity contribution in [3.8, 4) is 0 Å². The highest BCUT2D eigenvalue weighted by Crippen LogP contribution is 2.33. The second kappa shape index (κ2) is 5.49. The molecule has 0 radical (unpaired) electrons. The smallest absolute Gasteiger partial charge is 0.170 e. The summed E-state index contributed by atoms with van der Waals surface area (Å²) in [4.78, 5) is 0. The van der Waals surface area contributed by atoms with Crippen LogP contribution in [0.15, 0.2) is 21.0 Å². The molecule has 1 aliphatic rings. The Labute approximate surface area is 126 Å². The van der Waals surface area contributed by atoms with Crippen LogP contribution in [-0.2, 0) is 13.0 Å². The van der Waals surface area contributed by atoms with Gasteiger partial charge in [0, 0.05) is 21.5 Å². The SMILES string of the molecule is CC(C)Cc1c(CNC2CC2)oc2c(F)cc(Br)cc12. The van der Waals surface area contributed by atoms with E-state index in [1.165, 1.54) is 18.9 Å². The summed E-state index contributed by atoms with van der Waals surface area (Å²) < 4.78 is 20.6. The van der Waals surface area contributed by atoms with Crippen molar-refractivity contribution in [3.05, 3.63) is 33.7 Å². The number of nitrogens with one attached hydrogen (secondary N) is 1. The van der Waals surface area contributed by atoms with E-state index in [1.807, 2.05) is 6.07 Å². The van der Waals surface area contributed by atoms with Crippen LogP contribution >= 0.6 is 15.9 Å². The molecule has 0 spiro atoms. The minimum absolute atomic E-state index is 0.294. The predicted octanol–water partition coefficient (Wildman–Crippen LogP) is 4.78. The molecule has 1 heterocycles. The second-order valence-electron chi connectivity index (χ2n) is 6.02. The Balaban J connectivity index is 2.03. The van der Waals surface area contributed by atoms with Crippen LogP contribution in [0.5, 0.6) is 0 Å². The fourth-order valence-corrected chi connectivity index (χ4v) is 2.95. The zero-order chi connectivity index (χ0) is 14.3. The summed E-state index contributed by atoms with van der Waals surface area (Å²) in [6.07, 6.45) is 3.38. The van der Waals surface area contributed by atoms with Gasteiger partial charge >= 0.3 is 0 Å². The average molecular weight is 340 g/mol. The number of furan rings is 1. The first-order valence-corrected chi connectivity index (χ1v) is 7.96. The van der Waals surface area contributed by atoms with Crippen LogP contribution in [0.3, 0.4) is 0 Å². The first kappa shape index (κ1) is 14.1. The van der Waals surface area contributed by atoms with Crippen LogP contribution < -0.4 is 5.32 Å². The summed E-state index contributed by atoms with van der Waals surface area (Å²) in [6, 6.07) is 4.04. The molecule has 2 aromatic rings. The van der Waals surface area contributed by atoms with Gasteiger partial charge in [-0.25, -0.2) is 4.39 Å². The maximum atomic E-state index is 14.0. The molecule has 2 nitrogen and oxygen atoms in total. The lowest BCUT2D eigenvalue weighted by atomic mass is 9.99. The van der Waals surface area contributed by atoms with Crippen LogP contribution in [0, 0.1) is 11.7 Å². The molecule has 0 atom stereocenters. The number of benzene rings is 1. The topological polar surface area (TPSA) is 25.2 Å². The normalized spacial score (nSPS) is 15.4. The second-order valence-corrected chi connectivity index (χ2v) is 6.94.